The van der Waals surface area contributed by atoms with E-state index in [9.17, 15) is 4.79 Å². The third-order valence-electron chi connectivity index (χ3n) is 3.03. The Hall–Kier alpha value is -1.54. The van der Waals surface area contributed by atoms with E-state index >= 15 is 0 Å². The lowest BCUT2D eigenvalue weighted by Crippen LogP contribution is -1.94. The Balaban J connectivity index is 2.05. The van der Waals surface area contributed by atoms with Gasteiger partial charge < -0.3 is 0 Å². The highest BCUT2D eigenvalue weighted by Crippen LogP contribution is 2.34. The molecule has 2 heteroatoms. The summed E-state index contributed by atoms with van der Waals surface area (Å²) in [6.07, 6.45) is 0. The molecule has 0 radical (unpaired) electrons. The highest BCUT2D eigenvalue weighted by molar-refractivity contribution is 8.00. The van der Waals surface area contributed by atoms with Gasteiger partial charge in [-0.1, -0.05) is 35.9 Å². The van der Waals surface area contributed by atoms with Gasteiger partial charge in [-0.2, -0.15) is 0 Å². The van der Waals surface area contributed by atoms with E-state index in [1.807, 2.05) is 12.1 Å². The van der Waals surface area contributed by atoms with Crippen LogP contribution in [-0.2, 0) is 0 Å². The number of hydrogen-bond donors (Lipinski definition) is 0. The SMILES string of the molecule is Cc1ccc(-c2ccc3c(c2)SCC3=O)cc1. The molecule has 0 fully saturated rings. The van der Waals surface area contributed by atoms with Gasteiger partial charge in [-0.15, -0.1) is 11.8 Å². The predicted molar refractivity (Wildman–Crippen MR) is 71.7 cm³/mol. The molecule has 2 aromatic carbocycles. The molecule has 0 aliphatic carbocycles. The Morgan fingerprint density at radius 2 is 1.71 bits per heavy atom. The van der Waals surface area contributed by atoms with Crippen molar-refractivity contribution in [2.24, 2.45) is 0 Å². The van der Waals surface area contributed by atoms with Gasteiger partial charge in [0, 0.05) is 10.5 Å². The number of ketones is 1. The van der Waals surface area contributed by atoms with Gasteiger partial charge in [0.1, 0.15) is 0 Å². The Labute approximate surface area is 105 Å². The van der Waals surface area contributed by atoms with Crippen molar-refractivity contribution in [3.63, 3.8) is 0 Å². The van der Waals surface area contributed by atoms with Gasteiger partial charge in [0.25, 0.3) is 0 Å². The number of benzene rings is 2. The maximum atomic E-state index is 11.5. The lowest BCUT2D eigenvalue weighted by atomic mass is 10.0. The second-order valence-electron chi connectivity index (χ2n) is 4.29. The van der Waals surface area contributed by atoms with Gasteiger partial charge in [-0.05, 0) is 30.2 Å². The molecule has 0 N–H and O–H groups in total. The van der Waals surface area contributed by atoms with Crippen molar-refractivity contribution in [1.29, 1.82) is 0 Å². The molecule has 0 unspecified atom stereocenters. The Morgan fingerprint density at radius 1 is 1.00 bits per heavy atom. The molecular formula is C15H12OS. The van der Waals surface area contributed by atoms with Crippen molar-refractivity contribution >= 4 is 17.5 Å². The summed E-state index contributed by atoms with van der Waals surface area (Å²) in [5.41, 5.74) is 4.54. The van der Waals surface area contributed by atoms with Crippen molar-refractivity contribution in [3.05, 3.63) is 53.6 Å². The fourth-order valence-electron chi connectivity index (χ4n) is 2.02. The smallest absolute Gasteiger partial charge is 0.174 e. The number of aryl methyl sites for hydroxylation is 1. The first kappa shape index (κ1) is 10.6. The first-order valence-corrected chi connectivity index (χ1v) is 6.60. The van der Waals surface area contributed by atoms with Crippen LogP contribution in [0.25, 0.3) is 11.1 Å². The van der Waals surface area contributed by atoms with Crippen LogP contribution in [0.3, 0.4) is 0 Å². The highest BCUT2D eigenvalue weighted by Gasteiger charge is 2.20. The predicted octanol–water partition coefficient (Wildman–Crippen LogP) is 3.95. The molecule has 2 aromatic rings. The topological polar surface area (TPSA) is 17.1 Å². The minimum Gasteiger partial charge on any atom is -0.293 e. The number of carbonyl (C=O) groups is 1. The monoisotopic (exact) mass is 240 g/mol. The lowest BCUT2D eigenvalue weighted by Gasteiger charge is -2.04. The minimum atomic E-state index is 0.250. The van der Waals surface area contributed by atoms with Gasteiger partial charge in [0.05, 0.1) is 5.75 Å². The lowest BCUT2D eigenvalue weighted by molar-refractivity contribution is 0.102. The molecule has 1 heterocycles. The van der Waals surface area contributed by atoms with Crippen LogP contribution in [0.15, 0.2) is 47.4 Å². The molecule has 0 bridgehead atoms. The summed E-state index contributed by atoms with van der Waals surface area (Å²) in [5.74, 6) is 0.840. The van der Waals surface area contributed by atoms with Crippen molar-refractivity contribution in [3.8, 4) is 11.1 Å². The van der Waals surface area contributed by atoms with Crippen LogP contribution in [0.4, 0.5) is 0 Å². The molecule has 84 valence electrons. The van der Waals surface area contributed by atoms with Gasteiger partial charge in [0.15, 0.2) is 5.78 Å². The molecule has 0 saturated heterocycles. The van der Waals surface area contributed by atoms with Crippen LogP contribution in [-0.4, -0.2) is 11.5 Å². The average molecular weight is 240 g/mol. The molecule has 0 atom stereocenters. The van der Waals surface area contributed by atoms with E-state index < -0.39 is 0 Å². The van der Waals surface area contributed by atoms with Crippen molar-refractivity contribution in [2.45, 2.75) is 11.8 Å². The zero-order valence-corrected chi connectivity index (χ0v) is 10.4. The molecule has 1 nitrogen and oxygen atoms in total. The number of fused-ring (bicyclic) bond motifs is 1. The molecule has 17 heavy (non-hydrogen) atoms. The first-order valence-electron chi connectivity index (χ1n) is 5.61. The minimum absolute atomic E-state index is 0.250. The summed E-state index contributed by atoms with van der Waals surface area (Å²) in [4.78, 5) is 12.7. The van der Waals surface area contributed by atoms with Crippen LogP contribution in [0.2, 0.25) is 0 Å². The zero-order chi connectivity index (χ0) is 11.8. The highest BCUT2D eigenvalue weighted by atomic mass is 32.2. The van der Waals surface area contributed by atoms with Gasteiger partial charge in [-0.25, -0.2) is 0 Å². The van der Waals surface area contributed by atoms with E-state index in [1.54, 1.807) is 11.8 Å². The molecule has 1 aliphatic rings. The van der Waals surface area contributed by atoms with E-state index in [0.29, 0.717) is 5.75 Å². The summed E-state index contributed by atoms with van der Waals surface area (Å²) in [5, 5.41) is 0. The van der Waals surface area contributed by atoms with E-state index in [0.717, 1.165) is 10.5 Å². The van der Waals surface area contributed by atoms with E-state index in [-0.39, 0.29) is 5.78 Å². The van der Waals surface area contributed by atoms with Crippen LogP contribution in [0.1, 0.15) is 15.9 Å². The summed E-state index contributed by atoms with van der Waals surface area (Å²) in [6, 6.07) is 14.6. The van der Waals surface area contributed by atoms with Crippen LogP contribution < -0.4 is 0 Å². The molecule has 1 aliphatic heterocycles. The summed E-state index contributed by atoms with van der Waals surface area (Å²) >= 11 is 1.64. The number of carbonyl (C=O) groups excluding carboxylic acids is 1. The van der Waals surface area contributed by atoms with E-state index in [1.165, 1.54) is 16.7 Å². The number of rotatable bonds is 1. The largest absolute Gasteiger partial charge is 0.293 e. The average Bonchev–Trinajstić information content (AvgIpc) is 2.72. The van der Waals surface area contributed by atoms with Gasteiger partial charge in [-0.3, -0.25) is 4.79 Å². The summed E-state index contributed by atoms with van der Waals surface area (Å²) in [7, 11) is 0. The summed E-state index contributed by atoms with van der Waals surface area (Å²) in [6.45, 7) is 2.08. The van der Waals surface area contributed by atoms with Crippen molar-refractivity contribution in [1.82, 2.24) is 0 Å². The maximum absolute atomic E-state index is 11.5. The fourth-order valence-corrected chi connectivity index (χ4v) is 3.01. The van der Waals surface area contributed by atoms with Crippen LogP contribution in [0, 0.1) is 6.92 Å². The first-order chi connectivity index (χ1) is 8.24. The number of Topliss-reactive ketones (excluding diaryl/α,β-unsaturated/α-hetero) is 1. The molecule has 3 rings (SSSR count). The third-order valence-corrected chi connectivity index (χ3v) is 4.08. The van der Waals surface area contributed by atoms with Gasteiger partial charge >= 0.3 is 0 Å². The quantitative estimate of drug-likeness (QED) is 0.750. The molecule has 0 aromatic heterocycles. The third kappa shape index (κ3) is 1.89. The zero-order valence-electron chi connectivity index (χ0n) is 9.57. The molecule has 0 amide bonds. The number of hydrogen-bond acceptors (Lipinski definition) is 2. The van der Waals surface area contributed by atoms with E-state index in [4.69, 9.17) is 0 Å². The molecular weight excluding hydrogens is 228 g/mol. The summed E-state index contributed by atoms with van der Waals surface area (Å²) < 4.78 is 0. The second-order valence-corrected chi connectivity index (χ2v) is 5.31. The normalized spacial score (nSPS) is 13.8. The van der Waals surface area contributed by atoms with Gasteiger partial charge in [0.2, 0.25) is 0 Å². The van der Waals surface area contributed by atoms with Crippen LogP contribution >= 0.6 is 11.8 Å². The standard InChI is InChI=1S/C15H12OS/c1-10-2-4-11(5-3-10)12-6-7-13-14(16)9-17-15(13)8-12/h2-8H,9H2,1H3. The fraction of sp³-hybridized carbons (Fsp3) is 0.133. The molecule has 0 spiro atoms. The second kappa shape index (κ2) is 4.04. The van der Waals surface area contributed by atoms with Crippen molar-refractivity contribution < 1.29 is 4.79 Å². The Bertz CT molecular complexity index is 584. The number of thioether (sulfide) groups is 1. The van der Waals surface area contributed by atoms with Crippen LogP contribution in [0.5, 0.6) is 0 Å². The molecule has 0 saturated carbocycles. The van der Waals surface area contributed by atoms with Crippen molar-refractivity contribution in [2.75, 3.05) is 5.75 Å². The Morgan fingerprint density at radius 3 is 2.47 bits per heavy atom. The maximum Gasteiger partial charge on any atom is 0.174 e. The van der Waals surface area contributed by atoms with E-state index in [2.05, 4.69) is 37.3 Å². The Kier molecular flexibility index (Phi) is 2.52.